The number of aliphatic hydroxyl groups is 12. The molecule has 0 radical (unpaired) electrons. The Hall–Kier alpha value is -7.38. The predicted octanol–water partition coefficient (Wildman–Crippen LogP) is -10.4. The quantitative estimate of drug-likeness (QED) is 0.0654. The lowest BCUT2D eigenvalue weighted by Crippen LogP contribution is -2.69. The van der Waals surface area contributed by atoms with Crippen LogP contribution in [0.5, 0.6) is 5.75 Å². The maximum absolute atomic E-state index is 15.2. The number of allylic oxidation sites excluding steroid dienone is 2. The van der Waals surface area contributed by atoms with E-state index in [1.807, 2.05) is 6.08 Å². The molecule has 7 saturated heterocycles. The number of rotatable bonds is 17. The molecule has 0 aromatic heterocycles. The minimum atomic E-state index is -2.35. The second-order valence-corrected chi connectivity index (χ2v) is 25.3. The van der Waals surface area contributed by atoms with Crippen molar-refractivity contribution < 1.29 is 123 Å². The van der Waals surface area contributed by atoms with Crippen molar-refractivity contribution in [1.29, 1.82) is 10.8 Å². The Kier molecular flexibility index (Phi) is 24.2. The van der Waals surface area contributed by atoms with Gasteiger partial charge in [-0.3, -0.25) is 39.6 Å². The van der Waals surface area contributed by atoms with E-state index in [1.165, 1.54) is 24.3 Å². The number of hydrogen-bond acceptors (Lipinski definition) is 27. The third kappa shape index (κ3) is 16.2. The molecule has 0 saturated carbocycles. The Labute approximate surface area is 559 Å². The van der Waals surface area contributed by atoms with Crippen molar-refractivity contribution >= 4 is 47.4 Å². The summed E-state index contributed by atoms with van der Waals surface area (Å²) in [7, 11) is 0. The van der Waals surface area contributed by atoms with Crippen molar-refractivity contribution in [3.05, 3.63) is 77.9 Å². The van der Waals surface area contributed by atoms with Gasteiger partial charge >= 0.3 is 0 Å². The molecule has 8 aliphatic rings. The van der Waals surface area contributed by atoms with Crippen LogP contribution in [-0.2, 0) is 63.6 Å². The maximum Gasteiger partial charge on any atom is 0.246 e. The van der Waals surface area contributed by atoms with E-state index in [1.54, 1.807) is 37.3 Å². The van der Waals surface area contributed by atoms with E-state index in [0.29, 0.717) is 12.0 Å². The molecule has 7 heterocycles. The van der Waals surface area contributed by atoms with Crippen LogP contribution in [0.2, 0.25) is 0 Å². The van der Waals surface area contributed by atoms with Crippen LogP contribution in [0, 0.1) is 16.7 Å². The lowest BCUT2D eigenvalue weighted by molar-refractivity contribution is -0.385. The average molecular weight is 1390 g/mol. The molecule has 37 nitrogen and oxygen atoms in total. The minimum Gasteiger partial charge on any atom is -0.462 e. The van der Waals surface area contributed by atoms with Crippen LogP contribution < -0.4 is 52.6 Å². The van der Waals surface area contributed by atoms with Crippen molar-refractivity contribution in [2.45, 2.75) is 191 Å². The molecule has 98 heavy (non-hydrogen) atoms. The number of fused-ring (bicyclic) bond motifs is 1. The third-order valence-corrected chi connectivity index (χ3v) is 18.8. The van der Waals surface area contributed by atoms with Gasteiger partial charge in [0.25, 0.3) is 0 Å². The largest absolute Gasteiger partial charge is 0.462 e. The smallest absolute Gasteiger partial charge is 0.246 e. The molecule has 27 atom stereocenters. The summed E-state index contributed by atoms with van der Waals surface area (Å²) < 4.78 is 41.5. The first kappa shape index (κ1) is 73.3. The lowest BCUT2D eigenvalue weighted by atomic mass is 9.92. The van der Waals surface area contributed by atoms with Crippen LogP contribution in [-0.4, -0.2) is 312 Å². The highest BCUT2D eigenvalue weighted by atomic mass is 16.8. The van der Waals surface area contributed by atoms with Gasteiger partial charge in [-0.05, 0) is 42.5 Å². The Bertz CT molecular complexity index is 3160. The van der Waals surface area contributed by atoms with Gasteiger partial charge in [0.1, 0.15) is 121 Å². The van der Waals surface area contributed by atoms with Gasteiger partial charge in [-0.2, -0.15) is 0 Å². The summed E-state index contributed by atoms with van der Waals surface area (Å²) in [5.41, 5.74) is 0.737. The number of carbonyl (C=O) groups excluding carboxylic acids is 6. The molecule has 0 bridgehead atoms. The van der Waals surface area contributed by atoms with E-state index in [0.717, 1.165) is 17.7 Å². The number of ether oxygens (including phenoxy) is 7. The molecule has 2 aromatic rings. The molecule has 7 fully saturated rings. The number of amides is 6. The van der Waals surface area contributed by atoms with Crippen LogP contribution in [0.3, 0.4) is 0 Å². The van der Waals surface area contributed by atoms with E-state index in [9.17, 15) is 80.5 Å². The van der Waals surface area contributed by atoms with Gasteiger partial charge in [-0.1, -0.05) is 61.5 Å². The van der Waals surface area contributed by atoms with Crippen molar-refractivity contribution in [2.75, 3.05) is 46.1 Å². The summed E-state index contributed by atoms with van der Waals surface area (Å²) in [6.07, 6.45) is -23.8. The summed E-state index contributed by atoms with van der Waals surface area (Å²) in [5, 5.41) is 172. The Morgan fingerprint density at radius 1 is 0.612 bits per heavy atom. The molecule has 0 spiro atoms. The number of hydrogen-bond donors (Lipinski definition) is 23. The molecule has 6 amide bonds. The first-order chi connectivity index (χ1) is 46.9. The van der Waals surface area contributed by atoms with E-state index < -0.39 is 239 Å². The van der Waals surface area contributed by atoms with Crippen LogP contribution in [0.25, 0.3) is 0 Å². The van der Waals surface area contributed by atoms with E-state index in [-0.39, 0.29) is 36.3 Å². The topological polar surface area (TPSA) is 569 Å². The highest BCUT2D eigenvalue weighted by molar-refractivity contribution is 5.98. The summed E-state index contributed by atoms with van der Waals surface area (Å²) in [4.78, 5) is 88.3. The lowest BCUT2D eigenvalue weighted by Gasteiger charge is -2.49. The van der Waals surface area contributed by atoms with Gasteiger partial charge < -0.3 is 147 Å². The van der Waals surface area contributed by atoms with Gasteiger partial charge in [0.2, 0.25) is 41.7 Å². The minimum absolute atomic E-state index is 0.0158. The van der Waals surface area contributed by atoms with Gasteiger partial charge in [0.15, 0.2) is 30.7 Å². The molecule has 1 aliphatic carbocycles. The number of guanidine groups is 2. The second-order valence-electron chi connectivity index (χ2n) is 25.3. The van der Waals surface area contributed by atoms with Crippen molar-refractivity contribution in [3.63, 3.8) is 0 Å². The van der Waals surface area contributed by atoms with Gasteiger partial charge in [0.05, 0.1) is 45.1 Å². The predicted molar refractivity (Wildman–Crippen MR) is 330 cm³/mol. The van der Waals surface area contributed by atoms with Crippen LogP contribution in [0.1, 0.15) is 43.2 Å². The Morgan fingerprint density at radius 3 is 1.96 bits per heavy atom. The highest BCUT2D eigenvalue weighted by Crippen LogP contribution is 2.37. The molecule has 23 N–H and O–H groups in total. The van der Waals surface area contributed by atoms with Crippen LogP contribution in [0.4, 0.5) is 0 Å². The van der Waals surface area contributed by atoms with Crippen LogP contribution >= 0.6 is 0 Å². The number of aliphatic hydroxyl groups excluding tert-OH is 12. The van der Waals surface area contributed by atoms with Gasteiger partial charge in [-0.25, -0.2) is 0 Å². The SMILES string of the molecule is CC(c1ccccc1)C1NC(=O)CNC(=O)C(CO)NC(=O)C(C(O)C2CNC(=N)N2C2OC(CO)C(O)C(O)C2O)NC(=O)C(C(O)C2CNC(=N)N2)NC(=O)C(Cc2ccc(OC3OC(CO)C(OC4OC5COC(C6CC=CCC6)OC5C(O)C4O)C(O)C3O)cc2)NC1=O. The van der Waals surface area contributed by atoms with E-state index in [2.05, 4.69) is 53.9 Å². The fourth-order valence-corrected chi connectivity index (χ4v) is 13.1. The Morgan fingerprint density at radius 2 is 1.29 bits per heavy atom. The Balaban J connectivity index is 0.909. The summed E-state index contributed by atoms with van der Waals surface area (Å²) in [6.45, 7) is -2.99. The fourth-order valence-electron chi connectivity index (χ4n) is 13.1. The normalized spacial score (nSPS) is 38.7. The molecule has 7 aliphatic heterocycles. The number of benzene rings is 2. The molecule has 2 aromatic carbocycles. The van der Waals surface area contributed by atoms with E-state index in [4.69, 9.17) is 44.0 Å². The zero-order chi connectivity index (χ0) is 70.4. The summed E-state index contributed by atoms with van der Waals surface area (Å²) in [6, 6.07) is 0.986. The zero-order valence-electron chi connectivity index (χ0n) is 52.8. The monoisotopic (exact) mass is 1390 g/mol. The van der Waals surface area contributed by atoms with Crippen molar-refractivity contribution in [2.24, 2.45) is 5.92 Å². The zero-order valence-corrected chi connectivity index (χ0v) is 52.8. The molecule has 37 heteroatoms. The number of carbonyl (C=O) groups is 6. The number of nitrogens with zero attached hydrogens (tertiary/aromatic N) is 1. The highest BCUT2D eigenvalue weighted by Gasteiger charge is 2.56. The standard InChI is InChI=1S/C61H86N12O25/c1-24(26-8-4-2-5-9-26)37-53(89)67-29(16-25-12-14-28(15-13-25)93-58-47(85)44(82)49(34(22-76)95-58)98-59-48(86)45(83)50-35(96-59)23-92-57(97-50)27-10-6-3-7-11-27)52(88)71-38(40(78)30-17-65-60(62)69-30)55(91)72-39(54(90)68-31(20-74)51(87)64-19-36(77)70-37)41(79)32-18-66-61(63)73(32)56-46(84)43(81)42(80)33(21-75)94-56/h2-6,8-9,12-15,24,27,29-35,37-50,56-59,74-76,78-86H,7,10-11,16-23H2,1H3,(H2,63,66)(H,64,87)(H,67,89)(H,68,90)(H,70,77)(H,71,88)(H,72,91)(H3,62,65,69). The van der Waals surface area contributed by atoms with Crippen LogP contribution in [0.15, 0.2) is 66.7 Å². The number of nitrogens with one attached hydrogen (secondary N) is 11. The summed E-state index contributed by atoms with van der Waals surface area (Å²) in [5.74, 6) is -9.16. The molecule has 540 valence electrons. The first-order valence-corrected chi connectivity index (χ1v) is 32.2. The molecular formula is C61H86N12O25. The van der Waals surface area contributed by atoms with Crippen molar-refractivity contribution in [1.82, 2.24) is 52.8 Å². The fraction of sp³-hybridized carbons (Fsp3) is 0.639. The summed E-state index contributed by atoms with van der Waals surface area (Å²) >= 11 is 0. The van der Waals surface area contributed by atoms with Gasteiger partial charge in [-0.15, -0.1) is 0 Å². The first-order valence-electron chi connectivity index (χ1n) is 32.2. The average Bonchev–Trinajstić information content (AvgIpc) is 1.29. The van der Waals surface area contributed by atoms with Gasteiger partial charge in [0, 0.05) is 31.3 Å². The molecule has 27 unspecified atom stereocenters. The molecule has 10 rings (SSSR count). The third-order valence-electron chi connectivity index (χ3n) is 18.8. The van der Waals surface area contributed by atoms with E-state index >= 15 is 9.59 Å². The van der Waals surface area contributed by atoms with Crippen molar-refractivity contribution in [3.8, 4) is 5.75 Å². The molecular weight excluding hydrogens is 1300 g/mol. The maximum atomic E-state index is 15.2. The second kappa shape index (κ2) is 32.3.